The third-order valence-corrected chi connectivity index (χ3v) is 1.84. The highest BCUT2D eigenvalue weighted by molar-refractivity contribution is 5.26. The SMILES string of the molecule is C=CCc1ccc(C(C)(F)F)cc1. The summed E-state index contributed by atoms with van der Waals surface area (Å²) in [6.45, 7) is 4.48. The van der Waals surface area contributed by atoms with Crippen molar-refractivity contribution in [3.8, 4) is 0 Å². The van der Waals surface area contributed by atoms with E-state index in [9.17, 15) is 8.78 Å². The molecule has 0 N–H and O–H groups in total. The molecule has 1 aromatic carbocycles. The van der Waals surface area contributed by atoms with Crippen LogP contribution in [0.3, 0.4) is 0 Å². The Morgan fingerprint density at radius 2 is 1.85 bits per heavy atom. The molecule has 13 heavy (non-hydrogen) atoms. The lowest BCUT2D eigenvalue weighted by Crippen LogP contribution is -2.06. The van der Waals surface area contributed by atoms with Crippen molar-refractivity contribution in [2.75, 3.05) is 0 Å². The van der Waals surface area contributed by atoms with E-state index in [1.165, 1.54) is 12.1 Å². The summed E-state index contributed by atoms with van der Waals surface area (Å²) in [7, 11) is 0. The average Bonchev–Trinajstić information content (AvgIpc) is 2.04. The van der Waals surface area contributed by atoms with Gasteiger partial charge in [0, 0.05) is 12.5 Å². The van der Waals surface area contributed by atoms with Gasteiger partial charge in [-0.2, -0.15) is 0 Å². The van der Waals surface area contributed by atoms with Crippen LogP contribution in [0.2, 0.25) is 0 Å². The van der Waals surface area contributed by atoms with Gasteiger partial charge in [-0.15, -0.1) is 6.58 Å². The summed E-state index contributed by atoms with van der Waals surface area (Å²) in [5.74, 6) is -2.74. The largest absolute Gasteiger partial charge is 0.270 e. The Labute approximate surface area is 76.9 Å². The maximum absolute atomic E-state index is 12.8. The van der Waals surface area contributed by atoms with Crippen LogP contribution in [0.5, 0.6) is 0 Å². The molecular formula is C11H12F2. The zero-order valence-electron chi connectivity index (χ0n) is 7.56. The van der Waals surface area contributed by atoms with Crippen LogP contribution in [-0.4, -0.2) is 0 Å². The number of rotatable bonds is 3. The zero-order chi connectivity index (χ0) is 9.90. The number of allylic oxidation sites excluding steroid dienone is 1. The average molecular weight is 182 g/mol. The van der Waals surface area contributed by atoms with E-state index in [-0.39, 0.29) is 5.56 Å². The van der Waals surface area contributed by atoms with Gasteiger partial charge in [0.15, 0.2) is 0 Å². The van der Waals surface area contributed by atoms with E-state index in [4.69, 9.17) is 0 Å². The Morgan fingerprint density at radius 3 is 2.23 bits per heavy atom. The van der Waals surface area contributed by atoms with Crippen LogP contribution < -0.4 is 0 Å². The molecule has 0 unspecified atom stereocenters. The second-order valence-electron chi connectivity index (χ2n) is 3.08. The van der Waals surface area contributed by atoms with Gasteiger partial charge in [-0.3, -0.25) is 0 Å². The number of alkyl halides is 2. The van der Waals surface area contributed by atoms with Crippen molar-refractivity contribution < 1.29 is 8.78 Å². The van der Waals surface area contributed by atoms with Gasteiger partial charge < -0.3 is 0 Å². The molecule has 70 valence electrons. The Balaban J connectivity index is 2.87. The highest BCUT2D eigenvalue weighted by Crippen LogP contribution is 2.26. The zero-order valence-corrected chi connectivity index (χ0v) is 7.56. The van der Waals surface area contributed by atoms with Crippen molar-refractivity contribution in [2.45, 2.75) is 19.3 Å². The molecule has 1 rings (SSSR count). The molecule has 0 bridgehead atoms. The second kappa shape index (κ2) is 3.69. The molecular weight excluding hydrogens is 170 g/mol. The topological polar surface area (TPSA) is 0 Å². The van der Waals surface area contributed by atoms with E-state index in [0.717, 1.165) is 18.9 Å². The first-order valence-corrected chi connectivity index (χ1v) is 4.12. The molecule has 0 nitrogen and oxygen atoms in total. The van der Waals surface area contributed by atoms with Crippen molar-refractivity contribution in [1.82, 2.24) is 0 Å². The van der Waals surface area contributed by atoms with Crippen LogP contribution in [0.15, 0.2) is 36.9 Å². The summed E-state index contributed by atoms with van der Waals surface area (Å²) in [4.78, 5) is 0. The van der Waals surface area contributed by atoms with Gasteiger partial charge in [0.1, 0.15) is 0 Å². The van der Waals surface area contributed by atoms with Crippen molar-refractivity contribution in [2.24, 2.45) is 0 Å². The molecule has 1 aromatic rings. The Bertz CT molecular complexity index is 280. The minimum Gasteiger partial charge on any atom is -0.202 e. The maximum atomic E-state index is 12.8. The fourth-order valence-electron chi connectivity index (χ4n) is 1.10. The molecule has 0 heterocycles. The first-order chi connectivity index (χ1) is 6.04. The van der Waals surface area contributed by atoms with Gasteiger partial charge in [-0.25, -0.2) is 8.78 Å². The Kier molecular flexibility index (Phi) is 2.81. The van der Waals surface area contributed by atoms with Crippen LogP contribution in [0.1, 0.15) is 18.1 Å². The van der Waals surface area contributed by atoms with Gasteiger partial charge >= 0.3 is 0 Å². The van der Waals surface area contributed by atoms with Gasteiger partial charge in [-0.1, -0.05) is 30.3 Å². The van der Waals surface area contributed by atoms with Gasteiger partial charge in [0.05, 0.1) is 0 Å². The smallest absolute Gasteiger partial charge is 0.202 e. The van der Waals surface area contributed by atoms with Gasteiger partial charge in [0.25, 0.3) is 5.92 Å². The molecule has 0 aromatic heterocycles. The summed E-state index contributed by atoms with van der Waals surface area (Å²) in [5, 5.41) is 0. The minimum absolute atomic E-state index is 0.0558. The lowest BCUT2D eigenvalue weighted by Gasteiger charge is -2.10. The summed E-state index contributed by atoms with van der Waals surface area (Å²) in [6, 6.07) is 6.32. The van der Waals surface area contributed by atoms with Crippen molar-refractivity contribution in [3.05, 3.63) is 48.0 Å². The second-order valence-corrected chi connectivity index (χ2v) is 3.08. The van der Waals surface area contributed by atoms with Crippen LogP contribution in [0.4, 0.5) is 8.78 Å². The fraction of sp³-hybridized carbons (Fsp3) is 0.273. The summed E-state index contributed by atoms with van der Waals surface area (Å²) in [5.41, 5.74) is 1.06. The molecule has 0 spiro atoms. The third-order valence-electron chi connectivity index (χ3n) is 1.84. The molecule has 0 amide bonds. The number of hydrogen-bond donors (Lipinski definition) is 0. The van der Waals surface area contributed by atoms with E-state index in [0.29, 0.717) is 0 Å². The van der Waals surface area contributed by atoms with Crippen LogP contribution >= 0.6 is 0 Å². The molecule has 0 radical (unpaired) electrons. The molecule has 0 saturated carbocycles. The van der Waals surface area contributed by atoms with Gasteiger partial charge in [-0.05, 0) is 12.0 Å². The molecule has 0 atom stereocenters. The Hall–Kier alpha value is -1.18. The number of hydrogen-bond acceptors (Lipinski definition) is 0. The van der Waals surface area contributed by atoms with Crippen molar-refractivity contribution in [1.29, 1.82) is 0 Å². The Morgan fingerprint density at radius 1 is 1.31 bits per heavy atom. The number of benzene rings is 1. The van der Waals surface area contributed by atoms with Crippen LogP contribution in [-0.2, 0) is 12.3 Å². The van der Waals surface area contributed by atoms with E-state index in [1.807, 2.05) is 0 Å². The first-order valence-electron chi connectivity index (χ1n) is 4.12. The highest BCUT2D eigenvalue weighted by Gasteiger charge is 2.23. The maximum Gasteiger partial charge on any atom is 0.270 e. The third kappa shape index (κ3) is 2.65. The van der Waals surface area contributed by atoms with Crippen molar-refractivity contribution in [3.63, 3.8) is 0 Å². The number of halogens is 2. The van der Waals surface area contributed by atoms with E-state index in [2.05, 4.69) is 6.58 Å². The highest BCUT2D eigenvalue weighted by atomic mass is 19.3. The lowest BCUT2D eigenvalue weighted by atomic mass is 10.1. The van der Waals surface area contributed by atoms with Gasteiger partial charge in [0.2, 0.25) is 0 Å². The normalized spacial score (nSPS) is 11.3. The minimum atomic E-state index is -2.74. The molecule has 0 aliphatic carbocycles. The quantitative estimate of drug-likeness (QED) is 0.627. The first kappa shape index (κ1) is 9.90. The molecule has 0 aliphatic rings. The van der Waals surface area contributed by atoms with E-state index < -0.39 is 5.92 Å². The molecule has 0 aliphatic heterocycles. The lowest BCUT2D eigenvalue weighted by molar-refractivity contribution is 0.0174. The monoisotopic (exact) mass is 182 g/mol. The van der Waals surface area contributed by atoms with E-state index >= 15 is 0 Å². The molecule has 2 heteroatoms. The summed E-state index contributed by atoms with van der Waals surface area (Å²) in [6.07, 6.45) is 2.47. The molecule has 0 saturated heterocycles. The molecule has 0 fully saturated rings. The fourth-order valence-corrected chi connectivity index (χ4v) is 1.10. The van der Waals surface area contributed by atoms with Crippen molar-refractivity contribution >= 4 is 0 Å². The van der Waals surface area contributed by atoms with E-state index in [1.54, 1.807) is 18.2 Å². The predicted molar refractivity (Wildman–Crippen MR) is 49.9 cm³/mol. The predicted octanol–water partition coefficient (Wildman–Crippen LogP) is 3.53. The van der Waals surface area contributed by atoms with Crippen LogP contribution in [0.25, 0.3) is 0 Å². The van der Waals surface area contributed by atoms with Crippen LogP contribution in [0, 0.1) is 0 Å². The summed E-state index contributed by atoms with van der Waals surface area (Å²) < 4.78 is 25.5. The standard InChI is InChI=1S/C11H12F2/c1-3-4-9-5-7-10(8-6-9)11(2,12)13/h3,5-8H,1,4H2,2H3. The summed E-state index contributed by atoms with van der Waals surface area (Å²) >= 11 is 0.